The molecule has 0 saturated heterocycles. The Morgan fingerprint density at radius 1 is 0.234 bits per heavy atom. The number of unbranched alkanes of at least 4 members (excludes halogenated alkanes) is 36. The minimum atomic E-state index is -1.23. The van der Waals surface area contributed by atoms with Crippen LogP contribution in [0.3, 0.4) is 0 Å². The maximum atomic E-state index is 13.3. The van der Waals surface area contributed by atoms with Crippen LogP contribution in [0.15, 0.2) is 0 Å². The van der Waals surface area contributed by atoms with E-state index < -0.39 is 5.41 Å². The summed E-state index contributed by atoms with van der Waals surface area (Å²) < 4.78 is 23.7. The lowest BCUT2D eigenvalue weighted by Gasteiger charge is -2.31. The molecule has 0 aliphatic carbocycles. The van der Waals surface area contributed by atoms with E-state index in [0.29, 0.717) is 23.0 Å². The van der Waals surface area contributed by atoms with E-state index in [-0.39, 0.29) is 76.0 Å². The lowest BCUT2D eigenvalue weighted by Crippen LogP contribution is -2.44. The van der Waals surface area contributed by atoms with Crippen molar-refractivity contribution in [3.8, 4) is 0 Å². The first-order chi connectivity index (χ1) is 37.8. The van der Waals surface area contributed by atoms with Crippen molar-refractivity contribution >= 4 is 70.9 Å². The first-order valence-electron chi connectivity index (χ1n) is 32.8. The molecular formula is C65H124O8S4. The summed E-state index contributed by atoms with van der Waals surface area (Å²) >= 11 is 7.11. The largest absolute Gasteiger partial charge is 0.465 e. The molecule has 0 unspecified atom stereocenters. The zero-order chi connectivity index (χ0) is 56.1. The third-order valence-electron chi connectivity index (χ3n) is 14.5. The van der Waals surface area contributed by atoms with Crippen LogP contribution in [0.5, 0.6) is 0 Å². The fourth-order valence-electron chi connectivity index (χ4n) is 9.27. The van der Waals surface area contributed by atoms with E-state index in [4.69, 9.17) is 18.9 Å². The van der Waals surface area contributed by atoms with E-state index in [9.17, 15) is 19.2 Å². The Kier molecular flexibility index (Phi) is 62.3. The molecule has 0 atom stereocenters. The van der Waals surface area contributed by atoms with Crippen molar-refractivity contribution in [2.75, 3.05) is 72.5 Å². The third kappa shape index (κ3) is 58.3. The molecule has 0 radical (unpaired) electrons. The summed E-state index contributed by atoms with van der Waals surface area (Å²) in [7, 11) is 0. The minimum absolute atomic E-state index is 0.183. The van der Waals surface area contributed by atoms with Crippen molar-refractivity contribution in [3.63, 3.8) is 0 Å². The van der Waals surface area contributed by atoms with Gasteiger partial charge in [0.2, 0.25) is 0 Å². The average Bonchev–Trinajstić information content (AvgIpc) is 3.43. The highest BCUT2D eigenvalue weighted by Gasteiger charge is 2.38. The third-order valence-corrected chi connectivity index (χ3v) is 18.8. The van der Waals surface area contributed by atoms with E-state index in [1.807, 2.05) is 0 Å². The Morgan fingerprint density at radius 2 is 0.390 bits per heavy atom. The summed E-state index contributed by atoms with van der Waals surface area (Å²) in [5.41, 5.74) is -1.23. The van der Waals surface area contributed by atoms with Crippen LogP contribution in [0.4, 0.5) is 0 Å². The van der Waals surface area contributed by atoms with E-state index in [1.165, 1.54) is 231 Å². The Hall–Kier alpha value is -0.720. The standard InChI is InChI=1S/C65H124O8S4/c1-5-9-13-17-21-25-29-33-37-41-49-74-53-45-61(66)70-57-65(58-71-62(67)46-54-75-50-42-38-34-30-26-22-18-14-10-6-2,59-72-63(68)47-55-76-51-43-39-35-31-27-23-19-15-11-7-3)60-73-64(69)48-56-77-52-44-40-36-32-28-24-20-16-12-8-4/h5-60H2,1-4H3. The van der Waals surface area contributed by atoms with Crippen LogP contribution < -0.4 is 0 Å². The molecule has 0 aromatic rings. The number of carbonyl (C=O) groups is 4. The molecule has 8 nitrogen and oxygen atoms in total. The van der Waals surface area contributed by atoms with Crippen LogP contribution in [0.1, 0.15) is 310 Å². The molecule has 0 heterocycles. The summed E-state index contributed by atoms with van der Waals surface area (Å²) in [4.78, 5) is 53.1. The monoisotopic (exact) mass is 1160 g/mol. The maximum Gasteiger partial charge on any atom is 0.306 e. The fraction of sp³-hybridized carbons (Fsp3) is 0.938. The highest BCUT2D eigenvalue weighted by molar-refractivity contribution is 7.99. The van der Waals surface area contributed by atoms with Gasteiger partial charge in [-0.3, -0.25) is 19.2 Å². The molecule has 0 aromatic carbocycles. The van der Waals surface area contributed by atoms with E-state index in [0.717, 1.165) is 48.7 Å². The molecule has 0 bridgehead atoms. The predicted octanol–water partition coefficient (Wildman–Crippen LogP) is 20.3. The van der Waals surface area contributed by atoms with Crippen LogP contribution in [-0.4, -0.2) is 96.3 Å². The van der Waals surface area contributed by atoms with E-state index in [2.05, 4.69) is 27.7 Å². The van der Waals surface area contributed by atoms with Crippen molar-refractivity contribution in [1.82, 2.24) is 0 Å². The molecule has 0 aromatic heterocycles. The van der Waals surface area contributed by atoms with Crippen LogP contribution in [-0.2, 0) is 38.1 Å². The molecule has 0 fully saturated rings. The Balaban J connectivity index is 5.42. The molecule has 0 amide bonds. The van der Waals surface area contributed by atoms with Gasteiger partial charge in [-0.15, -0.1) is 0 Å². The van der Waals surface area contributed by atoms with Crippen molar-refractivity contribution in [3.05, 3.63) is 0 Å². The highest BCUT2D eigenvalue weighted by atomic mass is 32.2. The number of thioether (sulfide) groups is 4. The Bertz CT molecular complexity index is 1080. The van der Waals surface area contributed by atoms with E-state index in [1.54, 1.807) is 47.0 Å². The summed E-state index contributed by atoms with van der Waals surface area (Å²) in [6.45, 7) is 8.31. The number of hydrogen-bond donors (Lipinski definition) is 0. The molecule has 77 heavy (non-hydrogen) atoms. The quantitative estimate of drug-likeness (QED) is 0.0329. The van der Waals surface area contributed by atoms with Gasteiger partial charge in [0.15, 0.2) is 0 Å². The zero-order valence-corrected chi connectivity index (χ0v) is 54.3. The Morgan fingerprint density at radius 3 is 0.558 bits per heavy atom. The van der Waals surface area contributed by atoms with Gasteiger partial charge in [0.25, 0.3) is 0 Å². The second-order valence-electron chi connectivity index (χ2n) is 22.3. The van der Waals surface area contributed by atoms with Crippen LogP contribution in [0.25, 0.3) is 0 Å². The summed E-state index contributed by atoms with van der Waals surface area (Å²) in [5, 5.41) is 0. The van der Waals surface area contributed by atoms with Gasteiger partial charge in [-0.2, -0.15) is 47.0 Å². The SMILES string of the molecule is CCCCCCCCCCCCSCCC(=O)OCC(COC(=O)CCSCCCCCCCCCCCC)(COC(=O)CCSCCCCCCCCCCCC)COC(=O)CCSCCCCCCCCCCCC. The van der Waals surface area contributed by atoms with Crippen molar-refractivity contribution in [2.24, 2.45) is 5.41 Å². The molecule has 0 N–H and O–H groups in total. The fourth-order valence-corrected chi connectivity index (χ4v) is 13.0. The van der Waals surface area contributed by atoms with Crippen LogP contribution >= 0.6 is 47.0 Å². The summed E-state index contributed by atoms with van der Waals surface area (Å²) in [6.07, 6.45) is 53.0. The van der Waals surface area contributed by atoms with Gasteiger partial charge < -0.3 is 18.9 Å². The van der Waals surface area contributed by atoms with Gasteiger partial charge in [0, 0.05) is 23.0 Å². The van der Waals surface area contributed by atoms with Crippen molar-refractivity contribution in [1.29, 1.82) is 0 Å². The smallest absolute Gasteiger partial charge is 0.306 e. The lowest BCUT2D eigenvalue weighted by molar-refractivity contribution is -0.170. The lowest BCUT2D eigenvalue weighted by atomic mass is 9.92. The summed E-state index contributed by atoms with van der Waals surface area (Å²) in [6, 6.07) is 0. The maximum absolute atomic E-state index is 13.3. The van der Waals surface area contributed by atoms with Gasteiger partial charge >= 0.3 is 23.9 Å². The molecule has 0 saturated carbocycles. The number of ether oxygens (including phenoxy) is 4. The van der Waals surface area contributed by atoms with Crippen molar-refractivity contribution < 1.29 is 38.1 Å². The van der Waals surface area contributed by atoms with Gasteiger partial charge in [-0.25, -0.2) is 0 Å². The van der Waals surface area contributed by atoms with E-state index >= 15 is 0 Å². The molecule has 0 spiro atoms. The normalized spacial score (nSPS) is 11.6. The molecule has 12 heteroatoms. The first kappa shape index (κ1) is 76.3. The molecular weight excluding hydrogens is 1040 g/mol. The number of rotatable bonds is 64. The second kappa shape index (κ2) is 62.9. The van der Waals surface area contributed by atoms with Gasteiger partial charge in [0.05, 0.1) is 25.7 Å². The molecule has 456 valence electrons. The number of esters is 4. The van der Waals surface area contributed by atoms with Crippen molar-refractivity contribution in [2.45, 2.75) is 310 Å². The van der Waals surface area contributed by atoms with Crippen LogP contribution in [0.2, 0.25) is 0 Å². The molecule has 0 aliphatic rings. The second-order valence-corrected chi connectivity index (χ2v) is 27.2. The predicted molar refractivity (Wildman–Crippen MR) is 341 cm³/mol. The van der Waals surface area contributed by atoms with Crippen LogP contribution in [0, 0.1) is 5.41 Å². The average molecular weight is 1160 g/mol. The topological polar surface area (TPSA) is 105 Å². The van der Waals surface area contributed by atoms with Gasteiger partial charge in [-0.05, 0) is 48.7 Å². The highest BCUT2D eigenvalue weighted by Crippen LogP contribution is 2.25. The Labute approximate surface area is 494 Å². The zero-order valence-electron chi connectivity index (χ0n) is 51.0. The molecule has 0 rings (SSSR count). The van der Waals surface area contributed by atoms with Gasteiger partial charge in [-0.1, -0.05) is 259 Å². The van der Waals surface area contributed by atoms with Gasteiger partial charge in [0.1, 0.15) is 31.8 Å². The molecule has 0 aliphatic heterocycles. The number of carbonyl (C=O) groups excluding carboxylic acids is 4. The minimum Gasteiger partial charge on any atom is -0.465 e. The summed E-state index contributed by atoms with van der Waals surface area (Å²) in [5.74, 6) is 5.27. The number of hydrogen-bond acceptors (Lipinski definition) is 12. The first-order valence-corrected chi connectivity index (χ1v) is 37.4.